The monoisotopic (exact) mass is 519 g/mol. The quantitative estimate of drug-likeness (QED) is 0.423. The number of thiazole rings is 1. The third-order valence-electron chi connectivity index (χ3n) is 5.85. The first-order valence-electron chi connectivity index (χ1n) is 10.4. The Morgan fingerprint density at radius 2 is 2.09 bits per heavy atom. The van der Waals surface area contributed by atoms with Crippen molar-refractivity contribution in [3.8, 4) is 0 Å². The number of aromatic carboxylic acids is 1. The van der Waals surface area contributed by atoms with Crippen molar-refractivity contribution in [3.63, 3.8) is 0 Å². The summed E-state index contributed by atoms with van der Waals surface area (Å²) in [4.78, 5) is 33.9. The highest BCUT2D eigenvalue weighted by atomic mass is 35.5. The molecule has 3 heterocycles. The number of alkyl halides is 1. The zero-order valence-corrected chi connectivity index (χ0v) is 20.3. The summed E-state index contributed by atoms with van der Waals surface area (Å²) >= 11 is 13.3. The minimum Gasteiger partial charge on any atom is -0.477 e. The number of aromatic amines is 1. The largest absolute Gasteiger partial charge is 0.477 e. The van der Waals surface area contributed by atoms with E-state index in [1.54, 1.807) is 14.0 Å². The zero-order valence-electron chi connectivity index (χ0n) is 18.0. The number of halogens is 3. The van der Waals surface area contributed by atoms with Crippen LogP contribution >= 0.6 is 34.5 Å². The van der Waals surface area contributed by atoms with E-state index in [1.165, 1.54) is 0 Å². The van der Waals surface area contributed by atoms with E-state index in [0.29, 0.717) is 47.5 Å². The third-order valence-corrected chi connectivity index (χ3v) is 7.95. The van der Waals surface area contributed by atoms with E-state index in [2.05, 4.69) is 20.6 Å². The van der Waals surface area contributed by atoms with Gasteiger partial charge < -0.3 is 30.4 Å². The molecule has 2 fully saturated rings. The number of amides is 1. The fourth-order valence-corrected chi connectivity index (χ4v) is 5.20. The maximum atomic E-state index is 13.1. The standard InChI is InChI=1S/C20H24Cl2FN5O4S/c1-8-14(21)15(22)16(25-8)18(29)26-10-3-4-28(7-13(10)32-2)20-27-12(17(33-20)19(30)31)6-24-11-5-9(11)23/h9-11,13,24-25H,3-7H2,1-2H3,(H,26,29)(H,30,31)/t9-,10+,11+,13-/m0/s1. The first-order valence-corrected chi connectivity index (χ1v) is 12.0. The minimum absolute atomic E-state index is 0.131. The van der Waals surface area contributed by atoms with Crippen LogP contribution in [0.25, 0.3) is 0 Å². The number of nitrogens with zero attached hydrogens (tertiary/aromatic N) is 2. The molecule has 4 N–H and O–H groups in total. The second-order valence-corrected chi connectivity index (χ2v) is 9.89. The van der Waals surface area contributed by atoms with Crippen LogP contribution in [0.5, 0.6) is 0 Å². The van der Waals surface area contributed by atoms with Gasteiger partial charge in [0.25, 0.3) is 5.91 Å². The van der Waals surface area contributed by atoms with E-state index < -0.39 is 12.1 Å². The summed E-state index contributed by atoms with van der Waals surface area (Å²) in [5.41, 5.74) is 1.20. The molecule has 1 saturated heterocycles. The number of ether oxygens (including phenoxy) is 1. The number of aromatic nitrogens is 2. The fourth-order valence-electron chi connectivity index (χ4n) is 3.83. The van der Waals surface area contributed by atoms with Crippen LogP contribution in [-0.4, -0.2) is 71.5 Å². The molecule has 2 aromatic heterocycles. The average molecular weight is 520 g/mol. The van der Waals surface area contributed by atoms with E-state index in [4.69, 9.17) is 27.9 Å². The molecule has 0 radical (unpaired) electrons. The number of anilines is 1. The maximum absolute atomic E-state index is 13.1. The second kappa shape index (κ2) is 9.75. The van der Waals surface area contributed by atoms with Crippen molar-refractivity contribution in [1.29, 1.82) is 0 Å². The molecule has 0 bridgehead atoms. The van der Waals surface area contributed by atoms with E-state index in [9.17, 15) is 19.1 Å². The van der Waals surface area contributed by atoms with Crippen LogP contribution in [0.4, 0.5) is 9.52 Å². The Morgan fingerprint density at radius 1 is 1.36 bits per heavy atom. The Balaban J connectivity index is 1.43. The van der Waals surface area contributed by atoms with Crippen molar-refractivity contribution in [2.75, 3.05) is 25.1 Å². The van der Waals surface area contributed by atoms with E-state index in [-0.39, 0.29) is 46.2 Å². The van der Waals surface area contributed by atoms with Crippen LogP contribution < -0.4 is 15.5 Å². The highest BCUT2D eigenvalue weighted by molar-refractivity contribution is 7.17. The molecule has 0 unspecified atom stereocenters. The van der Waals surface area contributed by atoms with Crippen LogP contribution in [0, 0.1) is 6.92 Å². The lowest BCUT2D eigenvalue weighted by molar-refractivity contribution is 0.0540. The molecule has 4 atom stereocenters. The molecule has 2 aromatic rings. The Morgan fingerprint density at radius 3 is 2.67 bits per heavy atom. The summed E-state index contributed by atoms with van der Waals surface area (Å²) in [6.07, 6.45) is -0.247. The summed E-state index contributed by atoms with van der Waals surface area (Å²) in [5, 5.41) is 16.5. The third kappa shape index (κ3) is 5.12. The second-order valence-electron chi connectivity index (χ2n) is 8.16. The molecular weight excluding hydrogens is 496 g/mol. The van der Waals surface area contributed by atoms with Crippen molar-refractivity contribution in [1.82, 2.24) is 20.6 Å². The number of carboxylic acids is 1. The molecule has 0 spiro atoms. The van der Waals surface area contributed by atoms with Crippen LogP contribution in [0.15, 0.2) is 0 Å². The summed E-state index contributed by atoms with van der Waals surface area (Å²) < 4.78 is 18.7. The summed E-state index contributed by atoms with van der Waals surface area (Å²) in [6, 6.07) is -0.519. The van der Waals surface area contributed by atoms with Gasteiger partial charge in [0.15, 0.2) is 5.13 Å². The summed E-state index contributed by atoms with van der Waals surface area (Å²) in [6.45, 7) is 2.87. The molecule has 13 heteroatoms. The Kier molecular flexibility index (Phi) is 7.15. The first-order chi connectivity index (χ1) is 15.7. The van der Waals surface area contributed by atoms with Crippen molar-refractivity contribution in [3.05, 3.63) is 32.0 Å². The lowest BCUT2D eigenvalue weighted by Gasteiger charge is -2.37. The topological polar surface area (TPSA) is 120 Å². The normalized spacial score (nSPS) is 24.7. The number of carbonyl (C=O) groups excluding carboxylic acids is 1. The van der Waals surface area contributed by atoms with Crippen molar-refractivity contribution in [2.24, 2.45) is 0 Å². The van der Waals surface area contributed by atoms with Crippen molar-refractivity contribution >= 4 is 51.5 Å². The molecule has 180 valence electrons. The van der Waals surface area contributed by atoms with Gasteiger partial charge in [-0.2, -0.15) is 0 Å². The lowest BCUT2D eigenvalue weighted by Crippen LogP contribution is -2.55. The molecule has 4 rings (SSSR count). The minimum atomic E-state index is -1.06. The van der Waals surface area contributed by atoms with Gasteiger partial charge in [-0.25, -0.2) is 14.2 Å². The highest BCUT2D eigenvalue weighted by Gasteiger charge is 2.38. The Hall–Kier alpha value is -1.92. The van der Waals surface area contributed by atoms with Gasteiger partial charge in [0.2, 0.25) is 0 Å². The van der Waals surface area contributed by atoms with Crippen LogP contribution in [0.2, 0.25) is 10.0 Å². The molecule has 1 saturated carbocycles. The predicted molar refractivity (Wildman–Crippen MR) is 124 cm³/mol. The average Bonchev–Trinajstić information content (AvgIpc) is 3.22. The van der Waals surface area contributed by atoms with Gasteiger partial charge in [0.05, 0.1) is 27.9 Å². The number of rotatable bonds is 8. The van der Waals surface area contributed by atoms with Gasteiger partial charge in [-0.1, -0.05) is 34.5 Å². The molecule has 0 aromatic carbocycles. The zero-order chi connectivity index (χ0) is 23.9. The van der Waals surface area contributed by atoms with Crippen LogP contribution in [0.3, 0.4) is 0 Å². The Bertz CT molecular complexity index is 1060. The number of hydrogen-bond acceptors (Lipinski definition) is 7. The van der Waals surface area contributed by atoms with E-state index in [1.807, 2.05) is 4.90 Å². The number of carboxylic acid groups (broad SMARTS) is 1. The number of H-pyrrole nitrogens is 1. The maximum Gasteiger partial charge on any atom is 0.347 e. The predicted octanol–water partition coefficient (Wildman–Crippen LogP) is 3.01. The lowest BCUT2D eigenvalue weighted by atomic mass is 10.0. The SMILES string of the molecule is CO[C@H]1CN(c2nc(CN[C@@H]3C[C@@H]3F)c(C(=O)O)s2)CC[C@H]1NC(=O)c1[nH]c(C)c(Cl)c1Cl. The van der Waals surface area contributed by atoms with Crippen molar-refractivity contribution < 1.29 is 23.8 Å². The van der Waals surface area contributed by atoms with Gasteiger partial charge in [0, 0.05) is 38.5 Å². The number of carbonyl (C=O) groups is 2. The summed E-state index contributed by atoms with van der Waals surface area (Å²) in [5.74, 6) is -1.44. The van der Waals surface area contributed by atoms with E-state index >= 15 is 0 Å². The van der Waals surface area contributed by atoms with Crippen LogP contribution in [0.1, 0.15) is 44.4 Å². The van der Waals surface area contributed by atoms with Gasteiger partial charge in [-0.15, -0.1) is 0 Å². The van der Waals surface area contributed by atoms with Crippen LogP contribution in [-0.2, 0) is 11.3 Å². The molecule has 2 aliphatic rings. The molecule has 9 nitrogen and oxygen atoms in total. The van der Waals surface area contributed by atoms with Gasteiger partial charge in [0.1, 0.15) is 16.7 Å². The smallest absolute Gasteiger partial charge is 0.347 e. The number of nitrogens with one attached hydrogen (secondary N) is 3. The Labute approximate surface area is 203 Å². The summed E-state index contributed by atoms with van der Waals surface area (Å²) in [7, 11) is 1.55. The van der Waals surface area contributed by atoms with Crippen molar-refractivity contribution in [2.45, 2.75) is 50.7 Å². The van der Waals surface area contributed by atoms with Gasteiger partial charge >= 0.3 is 5.97 Å². The fraction of sp³-hybridized carbons (Fsp3) is 0.550. The molecule has 1 aliphatic heterocycles. The number of hydrogen-bond donors (Lipinski definition) is 4. The molecule has 33 heavy (non-hydrogen) atoms. The highest BCUT2D eigenvalue weighted by Crippen LogP contribution is 2.32. The number of methoxy groups -OCH3 is 1. The number of aryl methyl sites for hydroxylation is 1. The first kappa shape index (κ1) is 24.2. The van der Waals surface area contributed by atoms with Gasteiger partial charge in [-0.05, 0) is 19.8 Å². The molecular formula is C20H24Cl2FN5O4S. The van der Waals surface area contributed by atoms with E-state index in [0.717, 1.165) is 11.3 Å². The molecule has 1 amide bonds. The molecule has 1 aliphatic carbocycles. The number of piperidine rings is 1. The van der Waals surface area contributed by atoms with Gasteiger partial charge in [-0.3, -0.25) is 4.79 Å².